The summed E-state index contributed by atoms with van der Waals surface area (Å²) in [7, 11) is 1.07. The first-order chi connectivity index (χ1) is 4.34. The second-order valence-corrected chi connectivity index (χ2v) is 3.82. The van der Waals surface area contributed by atoms with Crippen molar-refractivity contribution < 1.29 is 0 Å². The Balaban J connectivity index is 2.59. The van der Waals surface area contributed by atoms with Crippen molar-refractivity contribution in [1.82, 2.24) is 0 Å². The van der Waals surface area contributed by atoms with Crippen LogP contribution in [0.1, 0.15) is 32.6 Å². The van der Waals surface area contributed by atoms with Crippen molar-refractivity contribution in [2.75, 3.05) is 6.66 Å². The molecule has 0 amide bonds. The highest BCUT2D eigenvalue weighted by molar-refractivity contribution is 7.42. The molecule has 0 saturated carbocycles. The van der Waals surface area contributed by atoms with E-state index in [0.717, 1.165) is 8.58 Å². The Morgan fingerprint density at radius 2 is 1.89 bits per heavy atom. The Hall–Kier alpha value is 0.170. The zero-order valence-electron chi connectivity index (χ0n) is 6.33. The Bertz CT molecular complexity index is 125. The summed E-state index contributed by atoms with van der Waals surface area (Å²) < 4.78 is 0. The quantitative estimate of drug-likeness (QED) is 0.493. The van der Waals surface area contributed by atoms with E-state index in [2.05, 4.69) is 13.6 Å². The van der Waals surface area contributed by atoms with Gasteiger partial charge in [-0.15, -0.1) is 0 Å². The summed E-state index contributed by atoms with van der Waals surface area (Å²) in [5.74, 6) is 0. The Morgan fingerprint density at radius 3 is 2.33 bits per heavy atom. The summed E-state index contributed by atoms with van der Waals surface area (Å²) in [5, 5.41) is 1.75. The fourth-order valence-electron chi connectivity index (χ4n) is 1.39. The molecule has 1 aliphatic carbocycles. The number of rotatable bonds is 1. The molecular formula is C8H15P. The lowest BCUT2D eigenvalue weighted by Crippen LogP contribution is -1.92. The van der Waals surface area contributed by atoms with Crippen LogP contribution in [0.3, 0.4) is 0 Å². The standard InChI is InChI=1S/C8H15P/c1-7-5-3-4-6-8(7)9-2/h9H,3-6H2,1-2H3. The lowest BCUT2D eigenvalue weighted by Gasteiger charge is -2.15. The van der Waals surface area contributed by atoms with Gasteiger partial charge in [0.25, 0.3) is 0 Å². The summed E-state index contributed by atoms with van der Waals surface area (Å²) in [6.07, 6.45) is 5.63. The molecule has 0 radical (unpaired) electrons. The van der Waals surface area contributed by atoms with Crippen LogP contribution in [0.15, 0.2) is 10.9 Å². The normalized spacial score (nSPS) is 22.0. The highest BCUT2D eigenvalue weighted by Gasteiger charge is 2.05. The molecule has 0 saturated heterocycles. The van der Waals surface area contributed by atoms with Crippen molar-refractivity contribution in [3.63, 3.8) is 0 Å². The molecule has 0 aromatic heterocycles. The van der Waals surface area contributed by atoms with Gasteiger partial charge in [0.05, 0.1) is 0 Å². The van der Waals surface area contributed by atoms with E-state index in [-0.39, 0.29) is 0 Å². The predicted octanol–water partition coefficient (Wildman–Crippen LogP) is 3.14. The minimum atomic E-state index is 1.07. The molecule has 0 spiro atoms. The molecule has 0 aromatic rings. The van der Waals surface area contributed by atoms with Gasteiger partial charge in [0.2, 0.25) is 0 Å². The molecule has 52 valence electrons. The summed E-state index contributed by atoms with van der Waals surface area (Å²) >= 11 is 0. The largest absolute Gasteiger partial charge is 0.0981 e. The smallest absolute Gasteiger partial charge is 0.0278 e. The van der Waals surface area contributed by atoms with E-state index < -0.39 is 0 Å². The maximum absolute atomic E-state index is 2.30. The third-order valence-corrected chi connectivity index (χ3v) is 3.33. The van der Waals surface area contributed by atoms with Crippen molar-refractivity contribution in [2.45, 2.75) is 32.6 Å². The van der Waals surface area contributed by atoms with Gasteiger partial charge in [0.15, 0.2) is 0 Å². The molecule has 1 rings (SSSR count). The lowest BCUT2D eigenvalue weighted by atomic mass is 10.0. The monoisotopic (exact) mass is 142 g/mol. The maximum atomic E-state index is 2.30. The Labute approximate surface area is 59.5 Å². The molecular weight excluding hydrogens is 127 g/mol. The predicted molar refractivity (Wildman–Crippen MR) is 45.4 cm³/mol. The minimum absolute atomic E-state index is 1.07. The van der Waals surface area contributed by atoms with Crippen LogP contribution in [-0.4, -0.2) is 6.66 Å². The molecule has 1 unspecified atom stereocenters. The topological polar surface area (TPSA) is 0 Å². The van der Waals surface area contributed by atoms with Crippen LogP contribution >= 0.6 is 8.58 Å². The number of allylic oxidation sites excluding steroid dienone is 2. The summed E-state index contributed by atoms with van der Waals surface area (Å²) in [5.41, 5.74) is 1.68. The summed E-state index contributed by atoms with van der Waals surface area (Å²) in [6.45, 7) is 4.59. The van der Waals surface area contributed by atoms with Gasteiger partial charge in [-0.25, -0.2) is 0 Å². The molecule has 0 bridgehead atoms. The average Bonchev–Trinajstić information content (AvgIpc) is 1.89. The molecule has 0 nitrogen and oxygen atoms in total. The van der Waals surface area contributed by atoms with Crippen molar-refractivity contribution in [1.29, 1.82) is 0 Å². The summed E-state index contributed by atoms with van der Waals surface area (Å²) in [6, 6.07) is 0. The first kappa shape index (κ1) is 7.28. The van der Waals surface area contributed by atoms with E-state index in [9.17, 15) is 0 Å². The van der Waals surface area contributed by atoms with Gasteiger partial charge in [-0.05, 0) is 39.3 Å². The highest BCUT2D eigenvalue weighted by atomic mass is 31.1. The fraction of sp³-hybridized carbons (Fsp3) is 0.750. The zero-order valence-corrected chi connectivity index (χ0v) is 7.33. The van der Waals surface area contributed by atoms with E-state index in [1.54, 1.807) is 10.9 Å². The van der Waals surface area contributed by atoms with Gasteiger partial charge >= 0.3 is 0 Å². The highest BCUT2D eigenvalue weighted by Crippen LogP contribution is 2.34. The van der Waals surface area contributed by atoms with Gasteiger partial charge in [-0.2, -0.15) is 0 Å². The van der Waals surface area contributed by atoms with Crippen LogP contribution in [0.25, 0.3) is 0 Å². The van der Waals surface area contributed by atoms with Crippen LogP contribution in [0.5, 0.6) is 0 Å². The molecule has 1 heteroatoms. The molecule has 1 atom stereocenters. The van der Waals surface area contributed by atoms with Gasteiger partial charge in [-0.1, -0.05) is 19.5 Å². The van der Waals surface area contributed by atoms with E-state index in [0.29, 0.717) is 0 Å². The first-order valence-electron chi connectivity index (χ1n) is 3.71. The van der Waals surface area contributed by atoms with E-state index in [4.69, 9.17) is 0 Å². The minimum Gasteiger partial charge on any atom is -0.0981 e. The SMILES string of the molecule is CPC1=C(C)CCCC1. The lowest BCUT2D eigenvalue weighted by molar-refractivity contribution is 0.694. The molecule has 1 aliphatic rings. The Kier molecular flexibility index (Phi) is 2.72. The van der Waals surface area contributed by atoms with E-state index >= 15 is 0 Å². The van der Waals surface area contributed by atoms with Gasteiger partial charge in [-0.3, -0.25) is 0 Å². The van der Waals surface area contributed by atoms with Crippen molar-refractivity contribution in [3.8, 4) is 0 Å². The fourth-order valence-corrected chi connectivity index (χ4v) is 2.37. The number of hydrogen-bond donors (Lipinski definition) is 0. The van der Waals surface area contributed by atoms with Gasteiger partial charge in [0, 0.05) is 0 Å². The first-order valence-corrected chi connectivity index (χ1v) is 5.21. The average molecular weight is 142 g/mol. The maximum Gasteiger partial charge on any atom is -0.0278 e. The van der Waals surface area contributed by atoms with Crippen LogP contribution in [-0.2, 0) is 0 Å². The second-order valence-electron chi connectivity index (χ2n) is 2.72. The van der Waals surface area contributed by atoms with Crippen LogP contribution in [0.2, 0.25) is 0 Å². The molecule has 9 heavy (non-hydrogen) atoms. The van der Waals surface area contributed by atoms with Crippen LogP contribution < -0.4 is 0 Å². The molecule has 0 fully saturated rings. The number of hydrogen-bond acceptors (Lipinski definition) is 0. The van der Waals surface area contributed by atoms with Crippen molar-refractivity contribution in [3.05, 3.63) is 10.9 Å². The van der Waals surface area contributed by atoms with Crippen LogP contribution in [0, 0.1) is 0 Å². The Morgan fingerprint density at radius 1 is 1.22 bits per heavy atom. The van der Waals surface area contributed by atoms with Gasteiger partial charge < -0.3 is 0 Å². The van der Waals surface area contributed by atoms with Gasteiger partial charge in [0.1, 0.15) is 0 Å². The van der Waals surface area contributed by atoms with Crippen LogP contribution in [0.4, 0.5) is 0 Å². The molecule has 0 heterocycles. The zero-order chi connectivity index (χ0) is 6.69. The third kappa shape index (κ3) is 1.79. The van der Waals surface area contributed by atoms with E-state index in [1.807, 2.05) is 0 Å². The molecule has 0 aliphatic heterocycles. The van der Waals surface area contributed by atoms with Crippen molar-refractivity contribution in [2.24, 2.45) is 0 Å². The summed E-state index contributed by atoms with van der Waals surface area (Å²) in [4.78, 5) is 0. The molecule has 0 aromatic carbocycles. The van der Waals surface area contributed by atoms with E-state index in [1.165, 1.54) is 25.7 Å². The van der Waals surface area contributed by atoms with Crippen molar-refractivity contribution >= 4 is 8.58 Å². The molecule has 0 N–H and O–H groups in total. The third-order valence-electron chi connectivity index (χ3n) is 2.05. The second kappa shape index (κ2) is 3.37.